The fourth-order valence-corrected chi connectivity index (χ4v) is 0.919. The van der Waals surface area contributed by atoms with Crippen molar-refractivity contribution in [1.82, 2.24) is 9.80 Å². The first-order valence-electron chi connectivity index (χ1n) is 6.23. The second kappa shape index (κ2) is 16.4. The Morgan fingerprint density at radius 3 is 1.08 bits per heavy atom. The molecule has 0 atom stereocenters. The number of aromatic carboxylic acids is 2. The Bertz CT molecular complexity index is 543. The van der Waals surface area contributed by atoms with Crippen molar-refractivity contribution in [2.24, 2.45) is 0 Å². The molecule has 0 aliphatic heterocycles. The average molecular weight is 475 g/mol. The van der Waals surface area contributed by atoms with Gasteiger partial charge in [-0.05, 0) is 12.1 Å². The van der Waals surface area contributed by atoms with Gasteiger partial charge in [-0.15, -0.1) is 0 Å². The van der Waals surface area contributed by atoms with Crippen molar-refractivity contribution in [2.75, 3.05) is 28.2 Å². The monoisotopic (exact) mass is 472 g/mol. The predicted octanol–water partition coefficient (Wildman–Crippen LogP) is -0.102. The molecule has 1 rings (SSSR count). The maximum atomic E-state index is 10.4. The van der Waals surface area contributed by atoms with Crippen LogP contribution in [0.4, 0.5) is 0 Å². The van der Waals surface area contributed by atoms with Crippen LogP contribution in [0.1, 0.15) is 20.7 Å². The first-order valence-corrected chi connectivity index (χ1v) is 6.23. The predicted molar refractivity (Wildman–Crippen MR) is 83.2 cm³/mol. The molecule has 0 saturated carbocycles. The van der Waals surface area contributed by atoms with Gasteiger partial charge < -0.3 is 30.2 Å². The summed E-state index contributed by atoms with van der Waals surface area (Å²) in [6, 6.07) is 1.36. The Morgan fingerprint density at radius 1 is 0.769 bits per heavy atom. The molecule has 1 aromatic carbocycles. The molecular formula is C14H20N2O8Zn2. The number of carboxylic acid groups (broad SMARTS) is 2. The van der Waals surface area contributed by atoms with Gasteiger partial charge in [0, 0.05) is 67.1 Å². The molecule has 12 heteroatoms. The summed E-state index contributed by atoms with van der Waals surface area (Å²) in [5, 5.41) is 35.2. The Balaban J connectivity index is -0.000000170. The van der Waals surface area contributed by atoms with Crippen LogP contribution in [0.2, 0.25) is 0 Å². The van der Waals surface area contributed by atoms with Gasteiger partial charge in [0.05, 0.1) is 0 Å². The van der Waals surface area contributed by atoms with Gasteiger partial charge >= 0.3 is 11.9 Å². The van der Waals surface area contributed by atoms with E-state index in [1.54, 1.807) is 28.2 Å². The summed E-state index contributed by atoms with van der Waals surface area (Å²) in [5.41, 5.74) is -1.10. The minimum Gasteiger partial charge on any atom is -0.507 e. The molecule has 1 aromatic rings. The van der Waals surface area contributed by atoms with Gasteiger partial charge in [0.25, 0.3) is 0 Å². The van der Waals surface area contributed by atoms with Crippen LogP contribution in [0, 0.1) is 0 Å². The molecule has 0 bridgehead atoms. The van der Waals surface area contributed by atoms with E-state index in [0.717, 1.165) is 12.8 Å². The molecule has 26 heavy (non-hydrogen) atoms. The Kier molecular flexibility index (Phi) is 20.0. The zero-order valence-corrected chi connectivity index (χ0v) is 21.0. The number of carboxylic acids is 2. The number of amides is 2. The van der Waals surface area contributed by atoms with Crippen LogP contribution in [-0.2, 0) is 48.5 Å². The van der Waals surface area contributed by atoms with E-state index in [2.05, 4.69) is 0 Å². The second-order valence-corrected chi connectivity index (χ2v) is 4.63. The number of hydrogen-bond acceptors (Lipinski definition) is 6. The number of phenols is 2. The summed E-state index contributed by atoms with van der Waals surface area (Å²) in [4.78, 5) is 42.6. The fraction of sp³-hybridized carbons (Fsp3) is 0.286. The number of benzene rings is 1. The molecular weight excluding hydrogens is 455 g/mol. The van der Waals surface area contributed by atoms with Crippen LogP contribution < -0.4 is 0 Å². The Morgan fingerprint density at radius 2 is 0.962 bits per heavy atom. The van der Waals surface area contributed by atoms with E-state index in [-0.39, 0.29) is 39.0 Å². The normalized spacial score (nSPS) is 7.85. The number of carbonyl (C=O) groups excluding carboxylic acids is 2. The average Bonchev–Trinajstić information content (AvgIpc) is 2.49. The van der Waals surface area contributed by atoms with Crippen LogP contribution >= 0.6 is 0 Å². The molecule has 0 fully saturated rings. The first-order chi connectivity index (χ1) is 11.0. The van der Waals surface area contributed by atoms with Gasteiger partial charge in [-0.2, -0.15) is 0 Å². The van der Waals surface area contributed by atoms with E-state index in [1.165, 1.54) is 9.80 Å². The van der Waals surface area contributed by atoms with Gasteiger partial charge in [0.15, 0.2) is 0 Å². The smallest absolute Gasteiger partial charge is 0.339 e. The summed E-state index contributed by atoms with van der Waals surface area (Å²) < 4.78 is 0. The molecule has 0 heterocycles. The van der Waals surface area contributed by atoms with Crippen molar-refractivity contribution in [3.8, 4) is 11.5 Å². The third-order valence-electron chi connectivity index (χ3n) is 2.00. The van der Waals surface area contributed by atoms with Gasteiger partial charge in [0.2, 0.25) is 12.8 Å². The standard InChI is InChI=1S/C8H6O6.2C3H7NO.2Zn/c9-5-1-3(7(11)12)6(10)2-4(5)8(13)14;2*1-4(2)3-5;;/h1-2,9-10H,(H,11,12)(H,13,14);2*3H,1-2H3;;. The molecule has 0 radical (unpaired) electrons. The van der Waals surface area contributed by atoms with Crippen molar-refractivity contribution in [2.45, 2.75) is 0 Å². The van der Waals surface area contributed by atoms with Crippen molar-refractivity contribution in [3.63, 3.8) is 0 Å². The summed E-state index contributed by atoms with van der Waals surface area (Å²) in [6.45, 7) is 0. The maximum Gasteiger partial charge on any atom is 0.339 e. The van der Waals surface area contributed by atoms with Crippen LogP contribution in [0.25, 0.3) is 0 Å². The molecule has 0 aliphatic carbocycles. The van der Waals surface area contributed by atoms with Gasteiger partial charge in [-0.3, -0.25) is 9.59 Å². The summed E-state index contributed by atoms with van der Waals surface area (Å²) in [5.74, 6) is -4.30. The number of carbonyl (C=O) groups is 4. The maximum absolute atomic E-state index is 10.4. The summed E-state index contributed by atoms with van der Waals surface area (Å²) in [7, 11) is 6.75. The molecule has 0 aromatic heterocycles. The molecule has 10 nitrogen and oxygen atoms in total. The third kappa shape index (κ3) is 14.3. The number of nitrogens with zero attached hydrogens (tertiary/aromatic N) is 2. The quantitative estimate of drug-likeness (QED) is 0.267. The van der Waals surface area contributed by atoms with Gasteiger partial charge in [0.1, 0.15) is 22.6 Å². The van der Waals surface area contributed by atoms with Gasteiger partial charge in [-0.1, -0.05) is 0 Å². The van der Waals surface area contributed by atoms with Crippen LogP contribution in [0.15, 0.2) is 12.1 Å². The number of hydrogen-bond donors (Lipinski definition) is 4. The number of rotatable bonds is 4. The third-order valence-corrected chi connectivity index (χ3v) is 2.00. The summed E-state index contributed by atoms with van der Waals surface area (Å²) in [6.07, 6.45) is 1.50. The van der Waals surface area contributed by atoms with E-state index in [9.17, 15) is 19.2 Å². The van der Waals surface area contributed by atoms with Crippen molar-refractivity contribution in [3.05, 3.63) is 23.3 Å². The molecule has 138 valence electrons. The zero-order valence-electron chi connectivity index (χ0n) is 15.0. The minimum atomic E-state index is -1.45. The first kappa shape index (κ1) is 31.7. The van der Waals surface area contributed by atoms with Crippen LogP contribution in [0.5, 0.6) is 11.5 Å². The Labute approximate surface area is 175 Å². The van der Waals surface area contributed by atoms with Crippen molar-refractivity contribution < 1.29 is 78.6 Å². The van der Waals surface area contributed by atoms with E-state index >= 15 is 0 Å². The van der Waals surface area contributed by atoms with Gasteiger partial charge in [-0.25, -0.2) is 9.59 Å². The second-order valence-electron chi connectivity index (χ2n) is 4.63. The van der Waals surface area contributed by atoms with Crippen LogP contribution in [0.3, 0.4) is 0 Å². The minimum absolute atomic E-state index is 0. The topological polar surface area (TPSA) is 156 Å². The summed E-state index contributed by atoms with van der Waals surface area (Å²) >= 11 is 0. The molecule has 0 aliphatic rings. The fourth-order valence-electron chi connectivity index (χ4n) is 0.919. The largest absolute Gasteiger partial charge is 0.507 e. The van der Waals surface area contributed by atoms with Crippen molar-refractivity contribution in [1.29, 1.82) is 0 Å². The molecule has 0 spiro atoms. The SMILES string of the molecule is CN(C)C=O.CN(C)C=O.O=C(O)c1cc(O)c(C(=O)O)cc1O.[Zn].[Zn]. The van der Waals surface area contributed by atoms with E-state index < -0.39 is 34.6 Å². The number of aromatic hydroxyl groups is 2. The molecule has 0 unspecified atom stereocenters. The van der Waals surface area contributed by atoms with E-state index in [4.69, 9.17) is 20.4 Å². The molecule has 2 amide bonds. The zero-order chi connectivity index (χ0) is 19.4. The van der Waals surface area contributed by atoms with E-state index in [1.807, 2.05) is 0 Å². The van der Waals surface area contributed by atoms with Crippen LogP contribution in [-0.4, -0.2) is 83.2 Å². The molecule has 0 saturated heterocycles. The Hall–Kier alpha value is -2.05. The van der Waals surface area contributed by atoms with Crippen molar-refractivity contribution >= 4 is 24.8 Å². The van der Waals surface area contributed by atoms with E-state index in [0.29, 0.717) is 12.1 Å². The molecule has 4 N–H and O–H groups in total.